The molecule has 0 aliphatic carbocycles. The standard InChI is InChI=1S/C21H24Cl2N2O4S/c1-2-29-18-10-9-16(14-19(18)30(27,28)25-12-3-4-13-25)24-20(26)11-8-15-6-5-7-17(22)21(15)23/h5-7,9-10,14H,2-4,8,11-13H2,1H3,(H,24,26). The second kappa shape index (κ2) is 10.0. The van der Waals surface area contributed by atoms with Crippen molar-refractivity contribution in [2.75, 3.05) is 25.0 Å². The van der Waals surface area contributed by atoms with Crippen molar-refractivity contribution < 1.29 is 17.9 Å². The number of benzene rings is 2. The van der Waals surface area contributed by atoms with Gasteiger partial charge >= 0.3 is 0 Å². The van der Waals surface area contributed by atoms with Crippen molar-refractivity contribution in [2.24, 2.45) is 0 Å². The Morgan fingerprint density at radius 3 is 2.60 bits per heavy atom. The number of anilines is 1. The van der Waals surface area contributed by atoms with Crippen LogP contribution in [-0.4, -0.2) is 38.3 Å². The van der Waals surface area contributed by atoms with E-state index in [4.69, 9.17) is 27.9 Å². The van der Waals surface area contributed by atoms with Crippen molar-refractivity contribution in [3.63, 3.8) is 0 Å². The molecule has 1 aliphatic heterocycles. The maximum absolute atomic E-state index is 13.1. The number of nitrogens with one attached hydrogen (secondary N) is 1. The molecule has 30 heavy (non-hydrogen) atoms. The SMILES string of the molecule is CCOc1ccc(NC(=O)CCc2cccc(Cl)c2Cl)cc1S(=O)(=O)N1CCCC1. The Kier molecular flexibility index (Phi) is 7.63. The van der Waals surface area contributed by atoms with Gasteiger partial charge in [0.2, 0.25) is 15.9 Å². The van der Waals surface area contributed by atoms with Crippen molar-refractivity contribution in [1.82, 2.24) is 4.31 Å². The summed E-state index contributed by atoms with van der Waals surface area (Å²) in [6, 6.07) is 9.97. The number of hydrogen-bond donors (Lipinski definition) is 1. The Bertz CT molecular complexity index is 1020. The summed E-state index contributed by atoms with van der Waals surface area (Å²) in [5.41, 5.74) is 1.18. The lowest BCUT2D eigenvalue weighted by molar-refractivity contribution is -0.116. The highest BCUT2D eigenvalue weighted by Crippen LogP contribution is 2.32. The number of amides is 1. The summed E-state index contributed by atoms with van der Waals surface area (Å²) in [5, 5.41) is 3.64. The molecule has 1 fully saturated rings. The minimum Gasteiger partial charge on any atom is -0.492 e. The van der Waals surface area contributed by atoms with Crippen LogP contribution in [0.25, 0.3) is 0 Å². The van der Waals surface area contributed by atoms with E-state index in [0.29, 0.717) is 41.8 Å². The van der Waals surface area contributed by atoms with Gasteiger partial charge < -0.3 is 10.1 Å². The fraction of sp³-hybridized carbons (Fsp3) is 0.381. The van der Waals surface area contributed by atoms with E-state index in [1.54, 1.807) is 31.2 Å². The fourth-order valence-corrected chi connectivity index (χ4v) is 5.43. The lowest BCUT2D eigenvalue weighted by Crippen LogP contribution is -2.28. The normalized spacial score (nSPS) is 14.6. The summed E-state index contributed by atoms with van der Waals surface area (Å²) in [5.74, 6) is 0.0350. The molecule has 162 valence electrons. The zero-order valence-corrected chi connectivity index (χ0v) is 19.0. The second-order valence-corrected chi connectivity index (χ2v) is 9.66. The Hall–Kier alpha value is -1.80. The zero-order valence-electron chi connectivity index (χ0n) is 16.7. The van der Waals surface area contributed by atoms with E-state index in [-0.39, 0.29) is 23.0 Å². The molecule has 2 aromatic carbocycles. The summed E-state index contributed by atoms with van der Waals surface area (Å²) >= 11 is 12.2. The molecule has 0 spiro atoms. The van der Waals surface area contributed by atoms with Crippen LogP contribution in [0.4, 0.5) is 5.69 Å². The molecular formula is C21H24Cl2N2O4S. The summed E-state index contributed by atoms with van der Waals surface area (Å²) in [7, 11) is -3.69. The number of hydrogen-bond acceptors (Lipinski definition) is 4. The molecule has 0 atom stereocenters. The Labute approximate surface area is 187 Å². The summed E-state index contributed by atoms with van der Waals surface area (Å²) in [6.45, 7) is 3.12. The average Bonchev–Trinajstić information content (AvgIpc) is 3.26. The molecule has 0 radical (unpaired) electrons. The number of carbonyl (C=O) groups excluding carboxylic acids is 1. The third-order valence-electron chi connectivity index (χ3n) is 4.86. The molecular weight excluding hydrogens is 447 g/mol. The largest absolute Gasteiger partial charge is 0.492 e. The van der Waals surface area contributed by atoms with E-state index in [9.17, 15) is 13.2 Å². The number of sulfonamides is 1. The van der Waals surface area contributed by atoms with E-state index in [1.165, 1.54) is 10.4 Å². The first kappa shape index (κ1) is 22.9. The third kappa shape index (κ3) is 5.27. The molecule has 0 bridgehead atoms. The zero-order chi connectivity index (χ0) is 21.7. The molecule has 1 N–H and O–H groups in total. The Morgan fingerprint density at radius 2 is 1.90 bits per heavy atom. The van der Waals surface area contributed by atoms with Gasteiger partial charge in [-0.25, -0.2) is 8.42 Å². The van der Waals surface area contributed by atoms with Gasteiger partial charge in [0, 0.05) is 25.2 Å². The molecule has 6 nitrogen and oxygen atoms in total. The number of aryl methyl sites for hydroxylation is 1. The van der Waals surface area contributed by atoms with Crippen LogP contribution in [0, 0.1) is 0 Å². The monoisotopic (exact) mass is 470 g/mol. The molecule has 2 aromatic rings. The number of carbonyl (C=O) groups is 1. The van der Waals surface area contributed by atoms with Crippen LogP contribution in [0.2, 0.25) is 10.0 Å². The predicted molar refractivity (Wildman–Crippen MR) is 119 cm³/mol. The fourth-order valence-electron chi connectivity index (χ4n) is 3.34. The molecule has 9 heteroatoms. The van der Waals surface area contributed by atoms with Gasteiger partial charge in [0.05, 0.1) is 16.7 Å². The van der Waals surface area contributed by atoms with Gasteiger partial charge in [-0.05, 0) is 56.0 Å². The van der Waals surface area contributed by atoms with Crippen molar-refractivity contribution >= 4 is 44.8 Å². The van der Waals surface area contributed by atoms with Crippen molar-refractivity contribution in [2.45, 2.75) is 37.5 Å². The van der Waals surface area contributed by atoms with Gasteiger partial charge in [0.25, 0.3) is 0 Å². The van der Waals surface area contributed by atoms with Crippen LogP contribution in [-0.2, 0) is 21.2 Å². The van der Waals surface area contributed by atoms with Gasteiger partial charge in [-0.3, -0.25) is 4.79 Å². The van der Waals surface area contributed by atoms with E-state index in [1.807, 2.05) is 6.07 Å². The highest BCUT2D eigenvalue weighted by atomic mass is 35.5. The molecule has 0 aromatic heterocycles. The topological polar surface area (TPSA) is 75.7 Å². The highest BCUT2D eigenvalue weighted by molar-refractivity contribution is 7.89. The van der Waals surface area contributed by atoms with Crippen LogP contribution in [0.1, 0.15) is 31.7 Å². The first-order valence-corrected chi connectivity index (χ1v) is 12.0. The summed E-state index contributed by atoms with van der Waals surface area (Å²) in [4.78, 5) is 12.5. The summed E-state index contributed by atoms with van der Waals surface area (Å²) in [6.07, 6.45) is 2.28. The molecule has 0 saturated carbocycles. The molecule has 3 rings (SSSR count). The molecule has 0 unspecified atom stereocenters. The quantitative estimate of drug-likeness (QED) is 0.603. The van der Waals surface area contributed by atoms with Gasteiger partial charge in [-0.2, -0.15) is 4.31 Å². The van der Waals surface area contributed by atoms with Gasteiger partial charge in [-0.15, -0.1) is 0 Å². The van der Waals surface area contributed by atoms with E-state index < -0.39 is 10.0 Å². The first-order valence-electron chi connectivity index (χ1n) is 9.82. The van der Waals surface area contributed by atoms with Crippen molar-refractivity contribution in [1.29, 1.82) is 0 Å². The van der Waals surface area contributed by atoms with Crippen LogP contribution < -0.4 is 10.1 Å². The van der Waals surface area contributed by atoms with Gasteiger partial charge in [-0.1, -0.05) is 35.3 Å². The number of nitrogens with zero attached hydrogens (tertiary/aromatic N) is 1. The lowest BCUT2D eigenvalue weighted by Gasteiger charge is -2.19. The Balaban J connectivity index is 1.76. The Morgan fingerprint density at radius 1 is 1.17 bits per heavy atom. The van der Waals surface area contributed by atoms with E-state index >= 15 is 0 Å². The number of ether oxygens (including phenoxy) is 1. The minimum atomic E-state index is -3.69. The molecule has 1 amide bonds. The van der Waals surface area contributed by atoms with Crippen LogP contribution >= 0.6 is 23.2 Å². The van der Waals surface area contributed by atoms with Crippen molar-refractivity contribution in [3.8, 4) is 5.75 Å². The predicted octanol–water partition coefficient (Wildman–Crippen LogP) is 4.75. The first-order chi connectivity index (χ1) is 14.3. The number of rotatable bonds is 8. The van der Waals surface area contributed by atoms with Gasteiger partial charge in [0.1, 0.15) is 10.6 Å². The highest BCUT2D eigenvalue weighted by Gasteiger charge is 2.30. The minimum absolute atomic E-state index is 0.0712. The summed E-state index contributed by atoms with van der Waals surface area (Å²) < 4.78 is 33.1. The number of halogens is 2. The van der Waals surface area contributed by atoms with E-state index in [0.717, 1.165) is 18.4 Å². The lowest BCUT2D eigenvalue weighted by atomic mass is 10.1. The third-order valence-corrected chi connectivity index (χ3v) is 7.64. The maximum Gasteiger partial charge on any atom is 0.246 e. The van der Waals surface area contributed by atoms with Crippen molar-refractivity contribution in [3.05, 3.63) is 52.0 Å². The van der Waals surface area contributed by atoms with Crippen LogP contribution in [0.5, 0.6) is 5.75 Å². The van der Waals surface area contributed by atoms with Crippen LogP contribution in [0.15, 0.2) is 41.3 Å². The molecule has 1 aliphatic rings. The second-order valence-electron chi connectivity index (χ2n) is 6.97. The average molecular weight is 471 g/mol. The maximum atomic E-state index is 13.1. The smallest absolute Gasteiger partial charge is 0.246 e. The molecule has 1 heterocycles. The molecule has 1 saturated heterocycles. The van der Waals surface area contributed by atoms with Gasteiger partial charge in [0.15, 0.2) is 0 Å². The van der Waals surface area contributed by atoms with Crippen LogP contribution in [0.3, 0.4) is 0 Å². The van der Waals surface area contributed by atoms with E-state index in [2.05, 4.69) is 5.32 Å².